The summed E-state index contributed by atoms with van der Waals surface area (Å²) >= 11 is 6.70. The fraction of sp³-hybridized carbons (Fsp3) is 0.240. The molecule has 0 saturated heterocycles. The van der Waals surface area contributed by atoms with Crippen LogP contribution in [-0.4, -0.2) is 36.1 Å². The van der Waals surface area contributed by atoms with E-state index in [4.69, 9.17) is 31.5 Å². The maximum Gasteiger partial charge on any atom is 0.343 e. The van der Waals surface area contributed by atoms with Crippen molar-refractivity contribution in [2.45, 2.75) is 19.8 Å². The van der Waals surface area contributed by atoms with Gasteiger partial charge in [-0.3, -0.25) is 0 Å². The lowest BCUT2D eigenvalue weighted by molar-refractivity contribution is -0.142. The van der Waals surface area contributed by atoms with E-state index in [1.54, 1.807) is 16.8 Å². The number of para-hydroxylation sites is 1. The molecule has 0 radical (unpaired) electrons. The number of allylic oxidation sites excluding steroid dienone is 1. The van der Waals surface area contributed by atoms with Gasteiger partial charge in [-0.15, -0.1) is 0 Å². The molecule has 1 unspecified atom stereocenters. The number of nitriles is 1. The average Bonchev–Trinajstić information content (AvgIpc) is 3.19. The second kappa shape index (κ2) is 9.99. The maximum absolute atomic E-state index is 11.6. The van der Waals surface area contributed by atoms with Gasteiger partial charge in [0.05, 0.1) is 36.6 Å². The Kier molecular flexibility index (Phi) is 6.85. The first kappa shape index (κ1) is 24.0. The summed E-state index contributed by atoms with van der Waals surface area (Å²) in [5.41, 5.74) is 9.04. The van der Waals surface area contributed by atoms with E-state index in [1.807, 2.05) is 44.2 Å². The first-order valence-corrected chi connectivity index (χ1v) is 11.2. The van der Waals surface area contributed by atoms with Gasteiger partial charge in [-0.25, -0.2) is 9.48 Å². The predicted octanol–water partition coefficient (Wildman–Crippen LogP) is 4.00. The van der Waals surface area contributed by atoms with Crippen molar-refractivity contribution in [1.82, 2.24) is 9.78 Å². The Labute approximate surface area is 207 Å². The Hall–Kier alpha value is -4.16. The lowest BCUT2D eigenvalue weighted by Gasteiger charge is -2.26. The zero-order chi connectivity index (χ0) is 25.1. The van der Waals surface area contributed by atoms with Crippen molar-refractivity contribution >= 4 is 17.6 Å². The van der Waals surface area contributed by atoms with Crippen LogP contribution in [0.4, 0.5) is 0 Å². The van der Waals surface area contributed by atoms with Gasteiger partial charge in [0, 0.05) is 11.1 Å². The van der Waals surface area contributed by atoms with Gasteiger partial charge in [-0.2, -0.15) is 10.4 Å². The molecule has 0 amide bonds. The predicted molar refractivity (Wildman–Crippen MR) is 128 cm³/mol. The van der Waals surface area contributed by atoms with E-state index in [9.17, 15) is 10.1 Å². The molecule has 0 fully saturated rings. The molecule has 4 rings (SSSR count). The van der Waals surface area contributed by atoms with Gasteiger partial charge >= 0.3 is 5.97 Å². The van der Waals surface area contributed by atoms with Gasteiger partial charge in [0.15, 0.2) is 18.1 Å². The van der Waals surface area contributed by atoms with Crippen LogP contribution in [0.5, 0.6) is 17.4 Å². The summed E-state index contributed by atoms with van der Waals surface area (Å²) in [6.45, 7) is 3.67. The summed E-state index contributed by atoms with van der Waals surface area (Å²) in [4.78, 5) is 11.6. The third-order valence-corrected chi connectivity index (χ3v) is 5.81. The number of hydrogen-bond acceptors (Lipinski definition) is 8. The Bertz CT molecular complexity index is 1340. The monoisotopic (exact) mass is 494 g/mol. The van der Waals surface area contributed by atoms with Crippen molar-refractivity contribution < 1.29 is 23.7 Å². The number of hydrogen-bond donors (Lipinski definition) is 1. The molecule has 9 nitrogen and oxygen atoms in total. The Morgan fingerprint density at radius 1 is 1.26 bits per heavy atom. The van der Waals surface area contributed by atoms with Crippen LogP contribution >= 0.6 is 11.6 Å². The SMILES string of the molecule is CCOc1cc(C2C(C#N)=C(N)Oc3c2c(C)nn3-c2ccccc2)c(Cl)cc1OCC(=O)OC. The number of ether oxygens (including phenoxy) is 4. The minimum atomic E-state index is -0.664. The highest BCUT2D eigenvalue weighted by Gasteiger charge is 2.37. The summed E-state index contributed by atoms with van der Waals surface area (Å²) < 4.78 is 23.5. The smallest absolute Gasteiger partial charge is 0.343 e. The molecule has 1 aliphatic heterocycles. The molecule has 0 bridgehead atoms. The van der Waals surface area contributed by atoms with Crippen LogP contribution in [-0.2, 0) is 9.53 Å². The molecule has 1 aliphatic rings. The van der Waals surface area contributed by atoms with Crippen LogP contribution in [0.1, 0.15) is 29.7 Å². The quantitative estimate of drug-likeness (QED) is 0.489. The number of aromatic nitrogens is 2. The van der Waals surface area contributed by atoms with Gasteiger partial charge in [-0.1, -0.05) is 29.8 Å². The zero-order valence-electron chi connectivity index (χ0n) is 19.4. The van der Waals surface area contributed by atoms with Gasteiger partial charge in [0.1, 0.15) is 11.6 Å². The number of halogens is 1. The highest BCUT2D eigenvalue weighted by Crippen LogP contribution is 2.48. The molecule has 0 aliphatic carbocycles. The minimum absolute atomic E-state index is 0.0397. The number of nitrogens with zero attached hydrogens (tertiary/aromatic N) is 3. The summed E-state index contributed by atoms with van der Waals surface area (Å²) in [5, 5.41) is 14.9. The lowest BCUT2D eigenvalue weighted by atomic mass is 9.84. The molecule has 35 heavy (non-hydrogen) atoms. The van der Waals surface area contributed by atoms with E-state index in [-0.39, 0.29) is 23.8 Å². The van der Waals surface area contributed by atoms with Crippen molar-refractivity contribution in [2.24, 2.45) is 5.73 Å². The number of nitrogens with two attached hydrogens (primary N) is 1. The molecule has 180 valence electrons. The number of esters is 1. The number of methoxy groups -OCH3 is 1. The second-order valence-corrected chi connectivity index (χ2v) is 8.00. The first-order chi connectivity index (χ1) is 16.9. The van der Waals surface area contributed by atoms with E-state index < -0.39 is 11.9 Å². The van der Waals surface area contributed by atoms with Crippen LogP contribution in [0.3, 0.4) is 0 Å². The average molecular weight is 495 g/mol. The fourth-order valence-corrected chi connectivity index (χ4v) is 4.18. The normalized spacial score (nSPS) is 14.5. The molecule has 10 heteroatoms. The molecule has 1 atom stereocenters. The van der Waals surface area contributed by atoms with Crippen LogP contribution in [0, 0.1) is 18.3 Å². The number of benzene rings is 2. The van der Waals surface area contributed by atoms with Crippen molar-refractivity contribution in [2.75, 3.05) is 20.3 Å². The molecule has 2 heterocycles. The molecule has 0 saturated carbocycles. The summed E-state index contributed by atoms with van der Waals surface area (Å²) in [7, 11) is 1.27. The second-order valence-electron chi connectivity index (χ2n) is 7.59. The molecule has 2 N–H and O–H groups in total. The number of carbonyl (C=O) groups is 1. The van der Waals surface area contributed by atoms with Crippen LogP contribution in [0.2, 0.25) is 5.02 Å². The molecular weight excluding hydrogens is 472 g/mol. The summed E-state index contributed by atoms with van der Waals surface area (Å²) in [6, 6.07) is 14.8. The van der Waals surface area contributed by atoms with Gasteiger partial charge in [0.2, 0.25) is 11.8 Å². The van der Waals surface area contributed by atoms with Crippen molar-refractivity contribution in [3.8, 4) is 29.1 Å². The first-order valence-electron chi connectivity index (χ1n) is 10.8. The lowest BCUT2D eigenvalue weighted by Crippen LogP contribution is -2.22. The van der Waals surface area contributed by atoms with E-state index in [1.165, 1.54) is 7.11 Å². The van der Waals surface area contributed by atoms with E-state index in [0.29, 0.717) is 40.1 Å². The maximum atomic E-state index is 11.6. The standard InChI is InChI=1S/C25H23ClN4O5/c1-4-33-19-10-16(18(26)11-20(19)34-13-21(31)32-3)23-17(12-27)24(28)35-25-22(23)14(2)29-30(25)15-8-6-5-7-9-15/h5-11,23H,4,13,28H2,1-3H3. The topological polar surface area (TPSA) is 122 Å². The number of aryl methyl sites for hydroxylation is 1. The Balaban J connectivity index is 1.88. The van der Waals surface area contributed by atoms with Gasteiger partial charge in [-0.05, 0) is 37.6 Å². The number of fused-ring (bicyclic) bond motifs is 1. The Morgan fingerprint density at radius 3 is 2.63 bits per heavy atom. The number of rotatable bonds is 7. The van der Waals surface area contributed by atoms with E-state index >= 15 is 0 Å². The number of carbonyl (C=O) groups excluding carboxylic acids is 1. The van der Waals surface area contributed by atoms with Crippen molar-refractivity contribution in [3.63, 3.8) is 0 Å². The molecule has 0 spiro atoms. The van der Waals surface area contributed by atoms with Gasteiger partial charge in [0.25, 0.3) is 0 Å². The van der Waals surface area contributed by atoms with E-state index in [2.05, 4.69) is 15.9 Å². The molecule has 2 aromatic carbocycles. The van der Waals surface area contributed by atoms with E-state index in [0.717, 1.165) is 5.69 Å². The molecular formula is C25H23ClN4O5. The summed E-state index contributed by atoms with van der Waals surface area (Å²) in [6.07, 6.45) is 0. The van der Waals surface area contributed by atoms with Gasteiger partial charge < -0.3 is 24.7 Å². The van der Waals surface area contributed by atoms with Crippen LogP contribution < -0.4 is 19.9 Å². The zero-order valence-corrected chi connectivity index (χ0v) is 20.1. The summed E-state index contributed by atoms with van der Waals surface area (Å²) in [5.74, 6) is -0.230. The fourth-order valence-electron chi connectivity index (χ4n) is 3.92. The highest BCUT2D eigenvalue weighted by molar-refractivity contribution is 6.31. The van der Waals surface area contributed by atoms with Crippen LogP contribution in [0.15, 0.2) is 53.9 Å². The van der Waals surface area contributed by atoms with Crippen molar-refractivity contribution in [3.05, 3.63) is 75.8 Å². The van der Waals surface area contributed by atoms with Crippen molar-refractivity contribution in [1.29, 1.82) is 5.26 Å². The van der Waals surface area contributed by atoms with Crippen LogP contribution in [0.25, 0.3) is 5.69 Å². The third-order valence-electron chi connectivity index (χ3n) is 5.48. The third kappa shape index (κ3) is 4.48. The minimum Gasteiger partial charge on any atom is -0.490 e. The molecule has 1 aromatic heterocycles. The Morgan fingerprint density at radius 2 is 1.97 bits per heavy atom. The largest absolute Gasteiger partial charge is 0.490 e. The molecule has 3 aromatic rings. The highest BCUT2D eigenvalue weighted by atomic mass is 35.5.